The predicted molar refractivity (Wildman–Crippen MR) is 86.6 cm³/mol. The number of sulfonamides is 1. The highest BCUT2D eigenvalue weighted by Gasteiger charge is 2.30. The zero-order valence-corrected chi connectivity index (χ0v) is 13.9. The Kier molecular flexibility index (Phi) is 5.96. The van der Waals surface area contributed by atoms with Crippen LogP contribution in [0.4, 0.5) is 4.39 Å². The van der Waals surface area contributed by atoms with Gasteiger partial charge >= 0.3 is 0 Å². The molecular weight excluding hydrogens is 333 g/mol. The van der Waals surface area contributed by atoms with E-state index in [1.54, 1.807) is 29.6 Å². The topological polar surface area (TPSA) is 66.4 Å². The van der Waals surface area contributed by atoms with Gasteiger partial charge in [0.2, 0.25) is 10.0 Å². The van der Waals surface area contributed by atoms with E-state index in [9.17, 15) is 17.9 Å². The van der Waals surface area contributed by atoms with Gasteiger partial charge in [0.05, 0.1) is 11.4 Å². The molecule has 1 aliphatic heterocycles. The van der Waals surface area contributed by atoms with Crippen LogP contribution in [-0.2, 0) is 15.8 Å². The van der Waals surface area contributed by atoms with Crippen LogP contribution < -0.4 is 4.72 Å². The summed E-state index contributed by atoms with van der Waals surface area (Å²) < 4.78 is 39.9. The Hall–Kier alpha value is -0.280. The zero-order chi connectivity index (χ0) is 15.3. The number of aliphatic hydroxyl groups is 1. The Morgan fingerprint density at radius 3 is 2.48 bits per heavy atom. The highest BCUT2D eigenvalue weighted by molar-refractivity contribution is 8.03. The van der Waals surface area contributed by atoms with E-state index in [1.807, 2.05) is 0 Å². The van der Waals surface area contributed by atoms with E-state index in [4.69, 9.17) is 0 Å². The van der Waals surface area contributed by atoms with Crippen LogP contribution in [0.15, 0.2) is 24.3 Å². The molecule has 0 radical (unpaired) electrons. The average molecular weight is 351 g/mol. The van der Waals surface area contributed by atoms with Crippen LogP contribution in [0.3, 0.4) is 0 Å². The minimum absolute atomic E-state index is 0.0379. The first-order valence-corrected chi connectivity index (χ1v) is 10.5. The smallest absolute Gasteiger partial charge is 0.215 e. The van der Waals surface area contributed by atoms with Crippen molar-refractivity contribution in [2.75, 3.05) is 29.6 Å². The van der Waals surface area contributed by atoms with E-state index < -0.39 is 27.2 Å². The Morgan fingerprint density at radius 1 is 1.24 bits per heavy atom. The molecule has 0 aromatic heterocycles. The molecule has 0 aliphatic carbocycles. The third-order valence-electron chi connectivity index (χ3n) is 3.04. The number of halogens is 1. The van der Waals surface area contributed by atoms with Crippen LogP contribution >= 0.6 is 23.5 Å². The lowest BCUT2D eigenvalue weighted by Crippen LogP contribution is -2.46. The second-order valence-electron chi connectivity index (χ2n) is 5.00. The summed E-state index contributed by atoms with van der Waals surface area (Å²) >= 11 is 3.23. The third kappa shape index (κ3) is 5.45. The van der Waals surface area contributed by atoms with Crippen molar-refractivity contribution < 1.29 is 17.9 Å². The number of hydrogen-bond acceptors (Lipinski definition) is 5. The Morgan fingerprint density at radius 2 is 1.86 bits per heavy atom. The molecule has 0 spiro atoms. The van der Waals surface area contributed by atoms with Gasteiger partial charge in [0.25, 0.3) is 0 Å². The Bertz CT molecular complexity index is 572. The molecule has 0 amide bonds. The maximum atomic E-state index is 13.5. The molecule has 0 atom stereocenters. The summed E-state index contributed by atoms with van der Waals surface area (Å²) in [5, 5.41) is 10.4. The maximum Gasteiger partial charge on any atom is 0.215 e. The van der Waals surface area contributed by atoms with E-state index in [1.165, 1.54) is 18.2 Å². The van der Waals surface area contributed by atoms with Gasteiger partial charge in [-0.1, -0.05) is 18.2 Å². The summed E-state index contributed by atoms with van der Waals surface area (Å²) in [6.07, 6.45) is 0. The molecule has 4 nitrogen and oxygen atoms in total. The molecule has 8 heteroatoms. The van der Waals surface area contributed by atoms with Crippen molar-refractivity contribution in [2.45, 2.75) is 11.4 Å². The lowest BCUT2D eigenvalue weighted by atomic mass is 10.1. The summed E-state index contributed by atoms with van der Waals surface area (Å²) in [4.78, 5) is 0. The van der Waals surface area contributed by atoms with Crippen molar-refractivity contribution in [3.05, 3.63) is 35.6 Å². The van der Waals surface area contributed by atoms with Crippen molar-refractivity contribution in [1.29, 1.82) is 0 Å². The average Bonchev–Trinajstić information content (AvgIpc) is 2.65. The molecular formula is C13H18FNO3S3. The zero-order valence-electron chi connectivity index (χ0n) is 11.4. The van der Waals surface area contributed by atoms with Gasteiger partial charge in [-0.2, -0.15) is 23.5 Å². The number of rotatable bonds is 5. The van der Waals surface area contributed by atoms with E-state index >= 15 is 0 Å². The van der Waals surface area contributed by atoms with Gasteiger partial charge in [0.1, 0.15) is 5.82 Å². The third-order valence-corrected chi connectivity index (χ3v) is 7.04. The molecule has 1 aromatic rings. The van der Waals surface area contributed by atoms with Crippen molar-refractivity contribution >= 4 is 33.5 Å². The van der Waals surface area contributed by atoms with Crippen LogP contribution in [0, 0.1) is 5.82 Å². The van der Waals surface area contributed by atoms with Crippen LogP contribution in [0.25, 0.3) is 0 Å². The van der Waals surface area contributed by atoms with Gasteiger partial charge in [0, 0.05) is 35.1 Å². The van der Waals surface area contributed by atoms with Crippen LogP contribution in [0.5, 0.6) is 0 Å². The molecule has 1 aromatic carbocycles. The van der Waals surface area contributed by atoms with Crippen LogP contribution in [-0.4, -0.2) is 48.7 Å². The summed E-state index contributed by atoms with van der Waals surface area (Å²) in [5.41, 5.74) is -0.921. The van der Waals surface area contributed by atoms with Crippen molar-refractivity contribution in [2.24, 2.45) is 0 Å². The molecule has 1 heterocycles. The van der Waals surface area contributed by atoms with Gasteiger partial charge in [-0.25, -0.2) is 17.5 Å². The minimum Gasteiger partial charge on any atom is -0.387 e. The van der Waals surface area contributed by atoms with Gasteiger partial charge in [-0.3, -0.25) is 0 Å². The quantitative estimate of drug-likeness (QED) is 0.841. The Balaban J connectivity index is 1.96. The molecule has 118 valence electrons. The highest BCUT2D eigenvalue weighted by atomic mass is 32.2. The second-order valence-corrected chi connectivity index (χ2v) is 9.02. The molecule has 1 fully saturated rings. The summed E-state index contributed by atoms with van der Waals surface area (Å²) in [6, 6.07) is 5.79. The van der Waals surface area contributed by atoms with Crippen molar-refractivity contribution in [3.8, 4) is 0 Å². The fraction of sp³-hybridized carbons (Fsp3) is 0.538. The lowest BCUT2D eigenvalue weighted by Gasteiger charge is -2.25. The normalized spacial score (nSPS) is 19.1. The van der Waals surface area contributed by atoms with Gasteiger partial charge in [0.15, 0.2) is 0 Å². The van der Waals surface area contributed by atoms with Crippen molar-refractivity contribution in [3.63, 3.8) is 0 Å². The first kappa shape index (κ1) is 17.1. The van der Waals surface area contributed by atoms with Gasteiger partial charge in [-0.05, 0) is 6.07 Å². The minimum atomic E-state index is -3.68. The van der Waals surface area contributed by atoms with E-state index in [0.29, 0.717) is 11.5 Å². The number of nitrogens with one attached hydrogen (secondary N) is 1. The molecule has 1 saturated heterocycles. The first-order chi connectivity index (χ1) is 9.90. The molecule has 2 rings (SSSR count). The molecule has 2 N–H and O–H groups in total. The molecule has 0 unspecified atom stereocenters. The van der Waals surface area contributed by atoms with E-state index in [2.05, 4.69) is 4.72 Å². The summed E-state index contributed by atoms with van der Waals surface area (Å²) in [7, 11) is -3.68. The van der Waals surface area contributed by atoms with Gasteiger partial charge < -0.3 is 5.11 Å². The molecule has 0 bridgehead atoms. The maximum absolute atomic E-state index is 13.5. The second kappa shape index (κ2) is 7.32. The first-order valence-electron chi connectivity index (χ1n) is 6.49. The van der Waals surface area contributed by atoms with Crippen LogP contribution in [0.2, 0.25) is 0 Å². The highest BCUT2D eigenvalue weighted by Crippen LogP contribution is 2.24. The van der Waals surface area contributed by atoms with Gasteiger partial charge in [-0.15, -0.1) is 0 Å². The number of thioether (sulfide) groups is 2. The largest absolute Gasteiger partial charge is 0.387 e. The Labute approximate surface area is 132 Å². The fourth-order valence-electron chi connectivity index (χ4n) is 1.90. The van der Waals surface area contributed by atoms with Crippen molar-refractivity contribution in [1.82, 2.24) is 4.72 Å². The number of hydrogen-bond donors (Lipinski definition) is 2. The predicted octanol–water partition coefficient (Wildman–Crippen LogP) is 1.46. The molecule has 21 heavy (non-hydrogen) atoms. The standard InChI is InChI=1S/C13H18FNO3S3/c14-12-4-2-1-3-11(12)7-21(17,18)15-8-13(16)9-19-5-6-20-10-13/h1-4,15-16H,5-10H2. The van der Waals surface area contributed by atoms with E-state index in [-0.39, 0.29) is 12.1 Å². The summed E-state index contributed by atoms with van der Waals surface area (Å²) in [5.74, 6) is 1.95. The summed E-state index contributed by atoms with van der Waals surface area (Å²) in [6.45, 7) is -0.0379. The van der Waals surface area contributed by atoms with Crippen LogP contribution in [0.1, 0.15) is 5.56 Å². The molecule has 0 saturated carbocycles. The monoisotopic (exact) mass is 351 g/mol. The fourth-order valence-corrected chi connectivity index (χ4v) is 5.66. The molecule has 1 aliphatic rings. The lowest BCUT2D eigenvalue weighted by molar-refractivity contribution is 0.0961. The SMILES string of the molecule is O=S(=O)(Cc1ccccc1F)NCC1(O)CSCCSC1. The van der Waals surface area contributed by atoms with E-state index in [0.717, 1.165) is 11.5 Å². The number of benzene rings is 1.